The maximum absolute atomic E-state index is 13.1. The second kappa shape index (κ2) is 10.2. The second-order valence-electron chi connectivity index (χ2n) is 8.58. The van der Waals surface area contributed by atoms with Gasteiger partial charge < -0.3 is 16.8 Å². The number of nitrogens with one attached hydrogen (secondary N) is 1. The van der Waals surface area contributed by atoms with E-state index >= 15 is 0 Å². The van der Waals surface area contributed by atoms with Gasteiger partial charge in [0.1, 0.15) is 5.69 Å². The van der Waals surface area contributed by atoms with E-state index in [1.54, 1.807) is 0 Å². The molecule has 0 saturated heterocycles. The first-order valence-corrected chi connectivity index (χ1v) is 10.8. The molecule has 1 aliphatic carbocycles. The van der Waals surface area contributed by atoms with E-state index in [1.807, 2.05) is 0 Å². The van der Waals surface area contributed by atoms with E-state index in [4.69, 9.17) is 11.5 Å². The van der Waals surface area contributed by atoms with Crippen molar-refractivity contribution < 1.29 is 31.3 Å². The van der Waals surface area contributed by atoms with Crippen molar-refractivity contribution >= 4 is 17.5 Å². The van der Waals surface area contributed by atoms with Gasteiger partial charge in [-0.1, -0.05) is 0 Å². The number of anilines is 2. The van der Waals surface area contributed by atoms with Crippen LogP contribution in [0.4, 0.5) is 43.8 Å². The summed E-state index contributed by atoms with van der Waals surface area (Å²) in [6.07, 6.45) is -6.42. The number of benzene rings is 1. The predicted octanol–water partition coefficient (Wildman–Crippen LogP) is 4.92. The Morgan fingerprint density at radius 3 is 2.00 bits per heavy atom. The van der Waals surface area contributed by atoms with E-state index in [-0.39, 0.29) is 35.6 Å². The van der Waals surface area contributed by atoms with Gasteiger partial charge >= 0.3 is 18.0 Å². The molecule has 1 heterocycles. The molecule has 14 heteroatoms. The number of alkyl halides is 6. The monoisotopic (exact) mass is 506 g/mol. The zero-order valence-corrected chi connectivity index (χ0v) is 18.4. The molecule has 0 spiro atoms. The molecule has 0 atom stereocenters. The van der Waals surface area contributed by atoms with Crippen molar-refractivity contribution in [1.82, 2.24) is 9.97 Å². The number of rotatable bonds is 7. The molecular weight excluding hydrogens is 482 g/mol. The minimum absolute atomic E-state index is 0.0291. The molecule has 1 fully saturated rings. The van der Waals surface area contributed by atoms with Gasteiger partial charge in [-0.25, -0.2) is 4.98 Å². The lowest BCUT2D eigenvalue weighted by molar-refractivity contribution is -0.385. The third-order valence-corrected chi connectivity index (χ3v) is 6.05. The topological polar surface area (TPSA) is 133 Å². The van der Waals surface area contributed by atoms with Crippen molar-refractivity contribution in [2.75, 3.05) is 17.6 Å². The van der Waals surface area contributed by atoms with Crippen LogP contribution in [0.5, 0.6) is 0 Å². The number of hydrogen-bond acceptors (Lipinski definition) is 7. The maximum Gasteiger partial charge on any atom is 0.416 e. The van der Waals surface area contributed by atoms with Crippen LogP contribution < -0.4 is 16.8 Å². The molecule has 5 N–H and O–H groups in total. The largest absolute Gasteiger partial charge is 0.416 e. The van der Waals surface area contributed by atoms with E-state index in [0.717, 1.165) is 25.7 Å². The second-order valence-corrected chi connectivity index (χ2v) is 8.58. The van der Waals surface area contributed by atoms with Crippen LogP contribution in [-0.2, 0) is 25.3 Å². The van der Waals surface area contributed by atoms with E-state index in [9.17, 15) is 36.5 Å². The Labute approximate surface area is 196 Å². The number of nitrogens with two attached hydrogens (primary N) is 2. The Bertz CT molecular complexity index is 1040. The zero-order valence-electron chi connectivity index (χ0n) is 18.4. The highest BCUT2D eigenvalue weighted by Gasteiger charge is 2.37. The maximum atomic E-state index is 13.1. The highest BCUT2D eigenvalue weighted by atomic mass is 19.4. The zero-order chi connectivity index (χ0) is 26.0. The van der Waals surface area contributed by atoms with E-state index < -0.39 is 46.5 Å². The highest BCUT2D eigenvalue weighted by molar-refractivity contribution is 5.58. The molecule has 0 aliphatic heterocycles. The molecule has 0 amide bonds. The Balaban J connectivity index is 1.85. The van der Waals surface area contributed by atoms with Gasteiger partial charge in [0, 0.05) is 6.54 Å². The highest BCUT2D eigenvalue weighted by Crippen LogP contribution is 2.37. The van der Waals surface area contributed by atoms with Crippen molar-refractivity contribution in [2.24, 2.45) is 17.6 Å². The average molecular weight is 506 g/mol. The standard InChI is InChI=1S/C21H24F6N6O2/c22-20(23,24)14-5-13(6-15(8-14)21(25,26)27)10-30-19-31-16(17(33(34)35)18(29)32-19)7-11-1-3-12(9-28)4-2-11/h5-6,8,11-12H,1-4,7,9-10,28H2,(H3,29,30,31,32). The smallest absolute Gasteiger partial charge is 0.378 e. The van der Waals surface area contributed by atoms with Crippen molar-refractivity contribution in [1.29, 1.82) is 0 Å². The van der Waals surface area contributed by atoms with E-state index in [1.165, 1.54) is 0 Å². The van der Waals surface area contributed by atoms with Gasteiger partial charge in [-0.15, -0.1) is 0 Å². The number of halogens is 6. The minimum Gasteiger partial charge on any atom is -0.378 e. The molecule has 0 radical (unpaired) electrons. The quantitative estimate of drug-likeness (QED) is 0.276. The lowest BCUT2D eigenvalue weighted by Crippen LogP contribution is -2.23. The Morgan fingerprint density at radius 1 is 0.971 bits per heavy atom. The van der Waals surface area contributed by atoms with Gasteiger partial charge in [0.05, 0.1) is 16.1 Å². The van der Waals surface area contributed by atoms with Gasteiger partial charge in [-0.3, -0.25) is 10.1 Å². The average Bonchev–Trinajstić information content (AvgIpc) is 2.76. The Hall–Kier alpha value is -3.16. The Morgan fingerprint density at radius 2 is 1.51 bits per heavy atom. The minimum atomic E-state index is -4.99. The number of aromatic nitrogens is 2. The number of nitro groups is 1. The first-order valence-electron chi connectivity index (χ1n) is 10.8. The van der Waals surface area contributed by atoms with Gasteiger partial charge in [0.15, 0.2) is 0 Å². The fourth-order valence-electron chi connectivity index (χ4n) is 4.19. The summed E-state index contributed by atoms with van der Waals surface area (Å²) in [7, 11) is 0. The van der Waals surface area contributed by atoms with Gasteiger partial charge in [-0.05, 0) is 74.2 Å². The summed E-state index contributed by atoms with van der Waals surface area (Å²) in [5.74, 6) is -0.192. The molecule has 8 nitrogen and oxygen atoms in total. The fraction of sp³-hybridized carbons (Fsp3) is 0.524. The first kappa shape index (κ1) is 26.4. The van der Waals surface area contributed by atoms with Crippen molar-refractivity contribution in [3.63, 3.8) is 0 Å². The van der Waals surface area contributed by atoms with Crippen LogP contribution in [0.1, 0.15) is 48.1 Å². The van der Waals surface area contributed by atoms with E-state index in [0.29, 0.717) is 24.6 Å². The summed E-state index contributed by atoms with van der Waals surface area (Å²) < 4.78 is 78.6. The fourth-order valence-corrected chi connectivity index (χ4v) is 4.19. The van der Waals surface area contributed by atoms with Crippen LogP contribution in [0.15, 0.2) is 18.2 Å². The normalized spacial score (nSPS) is 18.9. The van der Waals surface area contributed by atoms with Gasteiger partial charge in [-0.2, -0.15) is 31.3 Å². The molecule has 2 aromatic rings. The van der Waals surface area contributed by atoms with Crippen LogP contribution >= 0.6 is 0 Å². The SMILES string of the molecule is NCC1CCC(Cc2nc(NCc3cc(C(F)(F)F)cc(C(F)(F)F)c3)nc(N)c2[N+](=O)[O-])CC1. The predicted molar refractivity (Wildman–Crippen MR) is 115 cm³/mol. The van der Waals surface area contributed by atoms with Crippen LogP contribution in [0.25, 0.3) is 0 Å². The summed E-state index contributed by atoms with van der Waals surface area (Å²) in [6, 6.07) is 1.18. The molecule has 0 unspecified atom stereocenters. The lowest BCUT2D eigenvalue weighted by atomic mass is 9.80. The van der Waals surface area contributed by atoms with Crippen molar-refractivity contribution in [2.45, 2.75) is 51.0 Å². The molecule has 1 aromatic carbocycles. The van der Waals surface area contributed by atoms with Crippen LogP contribution in [0.2, 0.25) is 0 Å². The Kier molecular flexibility index (Phi) is 7.72. The number of nitrogens with zero attached hydrogens (tertiary/aromatic N) is 3. The molecule has 0 bridgehead atoms. The number of hydrogen-bond donors (Lipinski definition) is 3. The third kappa shape index (κ3) is 6.71. The van der Waals surface area contributed by atoms with Crippen molar-refractivity contribution in [3.8, 4) is 0 Å². The molecule has 1 aromatic heterocycles. The van der Waals surface area contributed by atoms with Crippen LogP contribution in [0, 0.1) is 22.0 Å². The van der Waals surface area contributed by atoms with Gasteiger partial charge in [0.25, 0.3) is 0 Å². The molecule has 1 aliphatic rings. The first-order chi connectivity index (χ1) is 16.3. The molecular formula is C21H24F6N6O2. The lowest BCUT2D eigenvalue weighted by Gasteiger charge is -2.27. The summed E-state index contributed by atoms with van der Waals surface area (Å²) in [4.78, 5) is 18.7. The number of nitrogen functional groups attached to an aromatic ring is 1. The summed E-state index contributed by atoms with van der Waals surface area (Å²) >= 11 is 0. The summed E-state index contributed by atoms with van der Waals surface area (Å²) in [5, 5.41) is 14.1. The van der Waals surface area contributed by atoms with Gasteiger partial charge in [0.2, 0.25) is 11.8 Å². The third-order valence-electron chi connectivity index (χ3n) is 6.05. The summed E-state index contributed by atoms with van der Waals surface area (Å²) in [6.45, 7) is 0.0677. The van der Waals surface area contributed by atoms with Crippen molar-refractivity contribution in [3.05, 3.63) is 50.7 Å². The molecule has 35 heavy (non-hydrogen) atoms. The summed E-state index contributed by atoms with van der Waals surface area (Å²) in [5.41, 5.74) is 7.81. The molecule has 1 saturated carbocycles. The van der Waals surface area contributed by atoms with E-state index in [2.05, 4.69) is 15.3 Å². The molecule has 3 rings (SSSR count). The molecule has 192 valence electrons. The van der Waals surface area contributed by atoms with Crippen LogP contribution in [0.3, 0.4) is 0 Å². The van der Waals surface area contributed by atoms with Crippen LogP contribution in [-0.4, -0.2) is 21.4 Å².